The zero-order valence-electron chi connectivity index (χ0n) is 12.3. The quantitative estimate of drug-likeness (QED) is 0.568. The third kappa shape index (κ3) is 13.8. The maximum absolute atomic E-state index is 5.67. The van der Waals surface area contributed by atoms with Crippen molar-refractivity contribution < 1.29 is 9.47 Å². The molecule has 0 spiro atoms. The van der Waals surface area contributed by atoms with Crippen LogP contribution in [0, 0.1) is 5.92 Å². The van der Waals surface area contributed by atoms with Gasteiger partial charge in [-0.05, 0) is 52.6 Å². The summed E-state index contributed by atoms with van der Waals surface area (Å²) < 4.78 is 11.1. The van der Waals surface area contributed by atoms with Gasteiger partial charge in [0.15, 0.2) is 0 Å². The first-order valence-electron chi connectivity index (χ1n) is 6.96. The molecule has 0 amide bonds. The standard InChI is InChI=1S/C14H31NO2/c1-12(2)11-15-8-6-7-14(5)17-10-9-16-13(3)4/h12-15H,6-11H2,1-5H3. The molecule has 0 aromatic rings. The van der Waals surface area contributed by atoms with Crippen molar-refractivity contribution in [3.63, 3.8) is 0 Å². The molecule has 1 N–H and O–H groups in total. The molecule has 0 aromatic heterocycles. The highest BCUT2D eigenvalue weighted by atomic mass is 16.5. The fourth-order valence-corrected chi connectivity index (χ4v) is 1.52. The fraction of sp³-hybridized carbons (Fsp3) is 1.00. The average molecular weight is 245 g/mol. The fourth-order valence-electron chi connectivity index (χ4n) is 1.52. The predicted octanol–water partition coefficient (Wildman–Crippen LogP) is 2.84. The normalized spacial score (nSPS) is 13.6. The second-order valence-corrected chi connectivity index (χ2v) is 5.34. The molecule has 0 saturated heterocycles. The lowest BCUT2D eigenvalue weighted by Crippen LogP contribution is -2.22. The van der Waals surface area contributed by atoms with Crippen molar-refractivity contribution in [2.24, 2.45) is 5.92 Å². The molecule has 3 heteroatoms. The minimum Gasteiger partial charge on any atom is -0.376 e. The number of ether oxygens (including phenoxy) is 2. The Morgan fingerprint density at radius 2 is 1.59 bits per heavy atom. The van der Waals surface area contributed by atoms with Gasteiger partial charge < -0.3 is 14.8 Å². The molecule has 17 heavy (non-hydrogen) atoms. The van der Waals surface area contributed by atoms with Crippen LogP contribution in [0.15, 0.2) is 0 Å². The summed E-state index contributed by atoms with van der Waals surface area (Å²) in [6.45, 7) is 14.3. The molecule has 1 atom stereocenters. The van der Waals surface area contributed by atoms with E-state index in [0.717, 1.165) is 25.4 Å². The van der Waals surface area contributed by atoms with Gasteiger partial charge in [-0.3, -0.25) is 0 Å². The third-order valence-corrected chi connectivity index (χ3v) is 2.45. The van der Waals surface area contributed by atoms with Gasteiger partial charge in [-0.1, -0.05) is 13.8 Å². The molecule has 0 heterocycles. The van der Waals surface area contributed by atoms with E-state index in [-0.39, 0.29) is 0 Å². The Morgan fingerprint density at radius 3 is 2.18 bits per heavy atom. The second-order valence-electron chi connectivity index (χ2n) is 5.34. The molecule has 0 saturated carbocycles. The van der Waals surface area contributed by atoms with Gasteiger partial charge in [-0.25, -0.2) is 0 Å². The third-order valence-electron chi connectivity index (χ3n) is 2.45. The van der Waals surface area contributed by atoms with Gasteiger partial charge >= 0.3 is 0 Å². The molecule has 0 bridgehead atoms. The summed E-state index contributed by atoms with van der Waals surface area (Å²) in [5, 5.41) is 3.44. The van der Waals surface area contributed by atoms with E-state index in [1.807, 2.05) is 13.8 Å². The Balaban J connectivity index is 3.20. The SMILES string of the molecule is CC(C)CNCCCC(C)OCCOC(C)C. The van der Waals surface area contributed by atoms with Gasteiger partial charge in [0, 0.05) is 0 Å². The zero-order chi connectivity index (χ0) is 13.1. The largest absolute Gasteiger partial charge is 0.376 e. The smallest absolute Gasteiger partial charge is 0.0704 e. The van der Waals surface area contributed by atoms with Crippen molar-refractivity contribution in [1.82, 2.24) is 5.32 Å². The predicted molar refractivity (Wildman–Crippen MR) is 73.4 cm³/mol. The number of hydrogen-bond donors (Lipinski definition) is 1. The molecule has 0 aromatic carbocycles. The Morgan fingerprint density at radius 1 is 0.941 bits per heavy atom. The van der Waals surface area contributed by atoms with Crippen molar-refractivity contribution in [2.75, 3.05) is 26.3 Å². The Hall–Kier alpha value is -0.120. The summed E-state index contributed by atoms with van der Waals surface area (Å²) in [4.78, 5) is 0. The average Bonchev–Trinajstić information content (AvgIpc) is 2.23. The van der Waals surface area contributed by atoms with Crippen LogP contribution in [0.5, 0.6) is 0 Å². The molecule has 0 aliphatic heterocycles. The lowest BCUT2D eigenvalue weighted by atomic mass is 10.2. The molecule has 0 rings (SSSR count). The monoisotopic (exact) mass is 245 g/mol. The van der Waals surface area contributed by atoms with Gasteiger partial charge in [0.1, 0.15) is 0 Å². The van der Waals surface area contributed by atoms with E-state index in [2.05, 4.69) is 26.1 Å². The molecule has 0 fully saturated rings. The van der Waals surface area contributed by atoms with Crippen LogP contribution in [0.4, 0.5) is 0 Å². The van der Waals surface area contributed by atoms with Gasteiger partial charge in [0.05, 0.1) is 25.4 Å². The summed E-state index contributed by atoms with van der Waals surface area (Å²) in [7, 11) is 0. The van der Waals surface area contributed by atoms with Crippen LogP contribution in [-0.2, 0) is 9.47 Å². The topological polar surface area (TPSA) is 30.5 Å². The highest BCUT2D eigenvalue weighted by Crippen LogP contribution is 2.01. The van der Waals surface area contributed by atoms with E-state index in [1.54, 1.807) is 0 Å². The van der Waals surface area contributed by atoms with E-state index in [1.165, 1.54) is 6.42 Å². The second kappa shape index (κ2) is 11.0. The van der Waals surface area contributed by atoms with Crippen LogP contribution in [0.25, 0.3) is 0 Å². The highest BCUT2D eigenvalue weighted by Gasteiger charge is 2.02. The Kier molecular flexibility index (Phi) is 10.9. The summed E-state index contributed by atoms with van der Waals surface area (Å²) in [5.41, 5.74) is 0. The Labute approximate surface area is 107 Å². The first-order chi connectivity index (χ1) is 8.02. The first-order valence-corrected chi connectivity index (χ1v) is 6.96. The first kappa shape index (κ1) is 16.9. The van der Waals surface area contributed by atoms with E-state index >= 15 is 0 Å². The minimum absolute atomic E-state index is 0.300. The molecular weight excluding hydrogens is 214 g/mol. The highest BCUT2D eigenvalue weighted by molar-refractivity contribution is 4.55. The van der Waals surface area contributed by atoms with E-state index in [4.69, 9.17) is 9.47 Å². The van der Waals surface area contributed by atoms with E-state index < -0.39 is 0 Å². The van der Waals surface area contributed by atoms with Crippen LogP contribution in [0.3, 0.4) is 0 Å². The molecule has 1 unspecified atom stereocenters. The lowest BCUT2D eigenvalue weighted by Gasteiger charge is -2.14. The molecule has 104 valence electrons. The summed E-state index contributed by atoms with van der Waals surface area (Å²) in [6, 6.07) is 0. The van der Waals surface area contributed by atoms with Gasteiger partial charge in [0.2, 0.25) is 0 Å². The van der Waals surface area contributed by atoms with E-state index in [9.17, 15) is 0 Å². The zero-order valence-corrected chi connectivity index (χ0v) is 12.3. The molecule has 0 aliphatic rings. The molecule has 0 aliphatic carbocycles. The number of hydrogen-bond acceptors (Lipinski definition) is 3. The summed E-state index contributed by atoms with van der Waals surface area (Å²) >= 11 is 0. The van der Waals surface area contributed by atoms with E-state index in [0.29, 0.717) is 25.4 Å². The van der Waals surface area contributed by atoms with Crippen LogP contribution < -0.4 is 5.32 Å². The van der Waals surface area contributed by atoms with Crippen LogP contribution in [-0.4, -0.2) is 38.5 Å². The van der Waals surface area contributed by atoms with Gasteiger partial charge in [-0.2, -0.15) is 0 Å². The maximum atomic E-state index is 5.67. The van der Waals surface area contributed by atoms with Crippen molar-refractivity contribution in [2.45, 2.75) is 59.7 Å². The minimum atomic E-state index is 0.300. The molecule has 0 radical (unpaired) electrons. The molecular formula is C14H31NO2. The van der Waals surface area contributed by atoms with Crippen molar-refractivity contribution in [3.05, 3.63) is 0 Å². The summed E-state index contributed by atoms with van der Waals surface area (Å²) in [5.74, 6) is 0.733. The van der Waals surface area contributed by atoms with Crippen LogP contribution in [0.2, 0.25) is 0 Å². The van der Waals surface area contributed by atoms with Crippen LogP contribution >= 0.6 is 0 Å². The van der Waals surface area contributed by atoms with Crippen LogP contribution in [0.1, 0.15) is 47.5 Å². The van der Waals surface area contributed by atoms with Gasteiger partial charge in [-0.15, -0.1) is 0 Å². The maximum Gasteiger partial charge on any atom is 0.0704 e. The van der Waals surface area contributed by atoms with Crippen molar-refractivity contribution in [1.29, 1.82) is 0 Å². The lowest BCUT2D eigenvalue weighted by molar-refractivity contribution is -0.00934. The van der Waals surface area contributed by atoms with Crippen molar-refractivity contribution in [3.8, 4) is 0 Å². The number of nitrogens with one attached hydrogen (secondary N) is 1. The van der Waals surface area contributed by atoms with Gasteiger partial charge in [0.25, 0.3) is 0 Å². The number of rotatable bonds is 11. The van der Waals surface area contributed by atoms with Crippen molar-refractivity contribution >= 4 is 0 Å². The molecule has 3 nitrogen and oxygen atoms in total. The Bertz CT molecular complexity index is 160. The summed E-state index contributed by atoms with van der Waals surface area (Å²) in [6.07, 6.45) is 2.94.